The molecular weight excluding hydrogens is 346 g/mol. The molecule has 4 heterocycles. The van der Waals surface area contributed by atoms with Gasteiger partial charge in [-0.1, -0.05) is 0 Å². The van der Waals surface area contributed by atoms with Crippen molar-refractivity contribution in [1.82, 2.24) is 24.1 Å². The van der Waals surface area contributed by atoms with Crippen LogP contribution in [0.15, 0.2) is 30.9 Å². The minimum Gasteiger partial charge on any atom is -0.480 e. The first-order valence-corrected chi connectivity index (χ1v) is 9.05. The zero-order valence-electron chi connectivity index (χ0n) is 15.6. The minimum atomic E-state index is -1.00. The van der Waals surface area contributed by atoms with Crippen LogP contribution < -0.4 is 10.2 Å². The van der Waals surface area contributed by atoms with Crippen LogP contribution in [-0.4, -0.2) is 47.3 Å². The van der Waals surface area contributed by atoms with Gasteiger partial charge in [0.05, 0.1) is 6.33 Å². The Morgan fingerprint density at radius 3 is 2.93 bits per heavy atom. The van der Waals surface area contributed by atoms with Crippen LogP contribution in [0.3, 0.4) is 0 Å². The van der Waals surface area contributed by atoms with E-state index in [0.717, 1.165) is 11.9 Å². The molecule has 0 spiro atoms. The van der Waals surface area contributed by atoms with E-state index in [1.165, 1.54) is 0 Å². The molecule has 9 heteroatoms. The molecule has 4 rings (SSSR count). The number of imidazole rings is 1. The highest BCUT2D eigenvalue weighted by Gasteiger charge is 2.45. The SMILES string of the molecule is CC(C)n1cnc(Nc2nc(N3CCC[C@@]3(C)C(=O)O)nn3cccc23)c1. The predicted molar refractivity (Wildman–Crippen MR) is 102 cm³/mol. The van der Waals surface area contributed by atoms with Crippen molar-refractivity contribution in [2.75, 3.05) is 16.8 Å². The van der Waals surface area contributed by atoms with E-state index in [1.54, 1.807) is 22.7 Å². The van der Waals surface area contributed by atoms with Gasteiger partial charge in [-0.3, -0.25) is 0 Å². The molecule has 1 saturated heterocycles. The fraction of sp³-hybridized carbons (Fsp3) is 0.444. The zero-order chi connectivity index (χ0) is 19.2. The van der Waals surface area contributed by atoms with Crippen molar-refractivity contribution in [2.45, 2.75) is 45.2 Å². The van der Waals surface area contributed by atoms with E-state index >= 15 is 0 Å². The number of fused-ring (bicyclic) bond motifs is 1. The maximum Gasteiger partial charge on any atom is 0.329 e. The Hall–Kier alpha value is -3.10. The van der Waals surface area contributed by atoms with E-state index in [9.17, 15) is 9.90 Å². The van der Waals surface area contributed by atoms with E-state index < -0.39 is 11.5 Å². The molecule has 0 saturated carbocycles. The average Bonchev–Trinajstić information content (AvgIpc) is 3.33. The summed E-state index contributed by atoms with van der Waals surface area (Å²) < 4.78 is 3.71. The molecule has 0 radical (unpaired) electrons. The smallest absolute Gasteiger partial charge is 0.329 e. The van der Waals surface area contributed by atoms with Crippen LogP contribution in [-0.2, 0) is 4.79 Å². The quantitative estimate of drug-likeness (QED) is 0.713. The molecule has 142 valence electrons. The van der Waals surface area contributed by atoms with Gasteiger partial charge in [0.15, 0.2) is 5.82 Å². The van der Waals surface area contributed by atoms with Crippen LogP contribution in [0.25, 0.3) is 5.52 Å². The second kappa shape index (κ2) is 6.26. The molecular formula is C18H23N7O2. The lowest BCUT2D eigenvalue weighted by Crippen LogP contribution is -2.49. The number of carbonyl (C=O) groups is 1. The molecule has 2 N–H and O–H groups in total. The molecule has 3 aromatic heterocycles. The van der Waals surface area contributed by atoms with Crippen LogP contribution in [0, 0.1) is 0 Å². The predicted octanol–water partition coefficient (Wildman–Crippen LogP) is 2.69. The summed E-state index contributed by atoms with van der Waals surface area (Å²) in [6.45, 7) is 6.50. The summed E-state index contributed by atoms with van der Waals surface area (Å²) in [5.74, 6) is 0.811. The van der Waals surface area contributed by atoms with Gasteiger partial charge in [-0.15, -0.1) is 5.10 Å². The fourth-order valence-corrected chi connectivity index (χ4v) is 3.44. The molecule has 1 fully saturated rings. The second-order valence-electron chi connectivity index (χ2n) is 7.36. The number of hydrogen-bond donors (Lipinski definition) is 2. The monoisotopic (exact) mass is 369 g/mol. The first kappa shape index (κ1) is 17.3. The van der Waals surface area contributed by atoms with Crippen LogP contribution in [0.1, 0.15) is 39.7 Å². The number of anilines is 3. The molecule has 0 bridgehead atoms. The third-order valence-corrected chi connectivity index (χ3v) is 5.17. The lowest BCUT2D eigenvalue weighted by Gasteiger charge is -2.31. The number of rotatable bonds is 5. The summed E-state index contributed by atoms with van der Waals surface area (Å²) in [5.41, 5.74) is -0.203. The lowest BCUT2D eigenvalue weighted by atomic mass is 10.00. The van der Waals surface area contributed by atoms with Gasteiger partial charge in [0, 0.05) is 25.0 Å². The van der Waals surface area contributed by atoms with Crippen LogP contribution in [0.4, 0.5) is 17.6 Å². The van der Waals surface area contributed by atoms with E-state index in [1.807, 2.05) is 29.1 Å². The third-order valence-electron chi connectivity index (χ3n) is 5.17. The summed E-state index contributed by atoms with van der Waals surface area (Å²) in [7, 11) is 0. The lowest BCUT2D eigenvalue weighted by molar-refractivity contribution is -0.142. The van der Waals surface area contributed by atoms with Crippen molar-refractivity contribution in [2.24, 2.45) is 0 Å². The Morgan fingerprint density at radius 2 is 2.22 bits per heavy atom. The van der Waals surface area contributed by atoms with Gasteiger partial charge in [-0.2, -0.15) is 4.98 Å². The van der Waals surface area contributed by atoms with Gasteiger partial charge < -0.3 is 19.9 Å². The number of nitrogens with zero attached hydrogens (tertiary/aromatic N) is 6. The normalized spacial score (nSPS) is 19.9. The fourth-order valence-electron chi connectivity index (χ4n) is 3.44. The van der Waals surface area contributed by atoms with Gasteiger partial charge in [-0.25, -0.2) is 14.3 Å². The van der Waals surface area contributed by atoms with Crippen molar-refractivity contribution in [3.63, 3.8) is 0 Å². The molecule has 0 aliphatic carbocycles. The maximum absolute atomic E-state index is 11.8. The second-order valence-corrected chi connectivity index (χ2v) is 7.36. The van der Waals surface area contributed by atoms with Crippen molar-refractivity contribution in [1.29, 1.82) is 0 Å². The molecule has 0 amide bonds. The van der Waals surface area contributed by atoms with Gasteiger partial charge in [0.1, 0.15) is 16.9 Å². The maximum atomic E-state index is 11.8. The zero-order valence-corrected chi connectivity index (χ0v) is 15.6. The molecule has 0 aromatic carbocycles. The van der Waals surface area contributed by atoms with Crippen LogP contribution >= 0.6 is 0 Å². The molecule has 9 nitrogen and oxygen atoms in total. The third kappa shape index (κ3) is 2.88. The summed E-state index contributed by atoms with van der Waals surface area (Å²) in [6, 6.07) is 4.10. The first-order valence-electron chi connectivity index (χ1n) is 9.05. The highest BCUT2D eigenvalue weighted by Crippen LogP contribution is 2.33. The Morgan fingerprint density at radius 1 is 1.41 bits per heavy atom. The molecule has 1 aliphatic heterocycles. The van der Waals surface area contributed by atoms with Gasteiger partial charge in [0.2, 0.25) is 5.95 Å². The van der Waals surface area contributed by atoms with Crippen molar-refractivity contribution < 1.29 is 9.90 Å². The van der Waals surface area contributed by atoms with Crippen LogP contribution in [0.5, 0.6) is 0 Å². The number of nitrogens with one attached hydrogen (secondary N) is 1. The Labute approximate surface area is 156 Å². The average molecular weight is 369 g/mol. The summed E-state index contributed by atoms with van der Waals surface area (Å²) in [6.07, 6.45) is 6.87. The number of aromatic nitrogens is 5. The van der Waals surface area contributed by atoms with Gasteiger partial charge >= 0.3 is 5.97 Å². The highest BCUT2D eigenvalue weighted by molar-refractivity contribution is 5.83. The van der Waals surface area contributed by atoms with Crippen molar-refractivity contribution in [3.8, 4) is 0 Å². The summed E-state index contributed by atoms with van der Waals surface area (Å²) in [4.78, 5) is 22.6. The first-order chi connectivity index (χ1) is 12.9. The Balaban J connectivity index is 1.74. The van der Waals surface area contributed by atoms with E-state index in [2.05, 4.69) is 34.2 Å². The number of carboxylic acids is 1. The van der Waals surface area contributed by atoms with E-state index in [0.29, 0.717) is 36.6 Å². The van der Waals surface area contributed by atoms with E-state index in [-0.39, 0.29) is 0 Å². The van der Waals surface area contributed by atoms with Crippen molar-refractivity contribution >= 4 is 29.1 Å². The molecule has 0 unspecified atom stereocenters. The van der Waals surface area contributed by atoms with Gasteiger partial charge in [0.25, 0.3) is 0 Å². The Bertz CT molecular complexity index is 993. The summed E-state index contributed by atoms with van der Waals surface area (Å²) in [5, 5.41) is 17.5. The number of carboxylic acid groups (broad SMARTS) is 1. The molecule has 27 heavy (non-hydrogen) atoms. The molecule has 1 atom stereocenters. The topological polar surface area (TPSA) is 101 Å². The minimum absolute atomic E-state index is 0.309. The molecule has 1 aliphatic rings. The standard InChI is InChI=1S/C18H23N7O2/c1-12(2)23-10-14(19-11-23)20-15-13-6-4-9-25(13)22-17(21-15)24-8-5-7-18(24,3)16(26)27/h4,6,9-12H,5,7-8H2,1-3H3,(H,26,27)(H,20,21,22)/t18-/m0/s1. The highest BCUT2D eigenvalue weighted by atomic mass is 16.4. The molecule has 3 aromatic rings. The van der Waals surface area contributed by atoms with E-state index in [4.69, 9.17) is 0 Å². The van der Waals surface area contributed by atoms with Crippen LogP contribution in [0.2, 0.25) is 0 Å². The van der Waals surface area contributed by atoms with Crippen molar-refractivity contribution in [3.05, 3.63) is 30.9 Å². The summed E-state index contributed by atoms with van der Waals surface area (Å²) >= 11 is 0. The largest absolute Gasteiger partial charge is 0.480 e. The Kier molecular flexibility index (Phi) is 4.01. The van der Waals surface area contributed by atoms with Gasteiger partial charge in [-0.05, 0) is 45.7 Å². The number of aliphatic carboxylic acids is 1. The number of hydrogen-bond acceptors (Lipinski definition) is 6.